The minimum absolute atomic E-state index is 0.0498. The van der Waals surface area contributed by atoms with Gasteiger partial charge in [-0.2, -0.15) is 0 Å². The Bertz CT molecular complexity index is 484. The number of rotatable bonds is 6. The summed E-state index contributed by atoms with van der Waals surface area (Å²) in [7, 11) is 5.78. The number of carbonyl (C=O) groups is 6. The highest BCUT2D eigenvalue weighted by atomic mass is 16.6. The monoisotopic (exact) mass is 442 g/mol. The third kappa shape index (κ3) is 29.7. The molecule has 30 heavy (non-hydrogen) atoms. The first kappa shape index (κ1) is 34.4. The molecule has 0 amide bonds. The maximum atomic E-state index is 10.4. The number of aliphatic carboxylic acids is 1. The van der Waals surface area contributed by atoms with Crippen molar-refractivity contribution in [2.75, 3.05) is 35.5 Å². The zero-order valence-electron chi connectivity index (χ0n) is 17.7. The molecule has 0 aromatic rings. The third-order valence-electron chi connectivity index (χ3n) is 2.52. The largest absolute Gasteiger partial charge is 0.481 e. The van der Waals surface area contributed by atoms with Gasteiger partial charge in [-0.3, -0.25) is 28.8 Å². The Balaban J connectivity index is -0.000000157. The first-order valence-electron chi connectivity index (χ1n) is 8.21. The molecule has 176 valence electrons. The first-order valence-corrected chi connectivity index (χ1v) is 8.21. The Labute approximate surface area is 173 Å². The van der Waals surface area contributed by atoms with Crippen molar-refractivity contribution >= 4 is 35.8 Å². The van der Waals surface area contributed by atoms with E-state index in [0.717, 1.165) is 14.2 Å². The number of ether oxygens (including phenoxy) is 4. The van der Waals surface area contributed by atoms with Gasteiger partial charge in [0.05, 0.1) is 59.9 Å². The molecule has 0 atom stereocenters. The van der Waals surface area contributed by atoms with E-state index in [1.807, 2.05) is 0 Å². The van der Waals surface area contributed by atoms with Crippen LogP contribution in [0.2, 0.25) is 0 Å². The average Bonchev–Trinajstić information content (AvgIpc) is 3.15. The molecule has 0 aromatic heterocycles. The van der Waals surface area contributed by atoms with E-state index in [0.29, 0.717) is 0 Å². The van der Waals surface area contributed by atoms with Crippen LogP contribution in [-0.4, -0.2) is 86.7 Å². The summed E-state index contributed by atoms with van der Waals surface area (Å²) in [6, 6.07) is 0. The fourth-order valence-electron chi connectivity index (χ4n) is 1.15. The van der Waals surface area contributed by atoms with E-state index in [9.17, 15) is 28.8 Å². The molecule has 0 unspecified atom stereocenters. The average molecular weight is 442 g/mol. The highest BCUT2D eigenvalue weighted by molar-refractivity contribution is 5.92. The highest BCUT2D eigenvalue weighted by Crippen LogP contribution is 2.03. The van der Waals surface area contributed by atoms with E-state index in [-0.39, 0.29) is 38.5 Å². The number of methoxy groups -OCH3 is 3. The van der Waals surface area contributed by atoms with Crippen molar-refractivity contribution in [3.8, 4) is 0 Å². The van der Waals surface area contributed by atoms with Gasteiger partial charge >= 0.3 is 35.8 Å². The normalized spacial score (nSPS) is 10.5. The lowest BCUT2D eigenvalue weighted by molar-refractivity contribution is -0.152. The van der Waals surface area contributed by atoms with Crippen LogP contribution in [0.4, 0.5) is 0 Å². The van der Waals surface area contributed by atoms with E-state index >= 15 is 0 Å². The smallest absolute Gasteiger partial charge is 0.314 e. The van der Waals surface area contributed by atoms with E-state index in [1.165, 1.54) is 21.3 Å². The molecule has 1 rings (SSSR count). The van der Waals surface area contributed by atoms with Crippen molar-refractivity contribution in [2.45, 2.75) is 38.5 Å². The molecule has 3 N–H and O–H groups in total. The third-order valence-corrected chi connectivity index (χ3v) is 2.52. The molecule has 1 heterocycles. The number of hydrogen-bond donors (Lipinski definition) is 3. The number of aliphatic hydroxyl groups excluding tert-OH is 2. The molecule has 1 saturated heterocycles. The number of hydrogen-bond acceptors (Lipinski definition) is 12. The van der Waals surface area contributed by atoms with Crippen molar-refractivity contribution in [1.29, 1.82) is 0 Å². The Morgan fingerprint density at radius 2 is 0.967 bits per heavy atom. The van der Waals surface area contributed by atoms with Gasteiger partial charge in [0, 0.05) is 14.2 Å². The van der Waals surface area contributed by atoms with Gasteiger partial charge in [-0.25, -0.2) is 0 Å². The molecule has 13 nitrogen and oxygen atoms in total. The number of aliphatic hydroxyl groups is 2. The van der Waals surface area contributed by atoms with Crippen molar-refractivity contribution in [3.63, 3.8) is 0 Å². The van der Waals surface area contributed by atoms with Gasteiger partial charge in [-0.15, -0.1) is 0 Å². The Morgan fingerprint density at radius 3 is 1.13 bits per heavy atom. The van der Waals surface area contributed by atoms with Gasteiger partial charge in [-0.05, 0) is 0 Å². The molecular formula is C17H30O13. The minimum Gasteiger partial charge on any atom is -0.481 e. The summed E-state index contributed by atoms with van der Waals surface area (Å²) in [5.74, 6) is -3.07. The second kappa shape index (κ2) is 25.9. The number of carboxylic acid groups (broad SMARTS) is 1. The highest BCUT2D eigenvalue weighted by Gasteiger charge is 2.19. The van der Waals surface area contributed by atoms with Crippen molar-refractivity contribution < 1.29 is 63.0 Å². The Hall–Kier alpha value is -3.06. The van der Waals surface area contributed by atoms with Crippen LogP contribution in [0.3, 0.4) is 0 Å². The molecule has 0 bridgehead atoms. The first-order chi connectivity index (χ1) is 14.2. The number of esters is 5. The second-order valence-corrected chi connectivity index (χ2v) is 4.47. The van der Waals surface area contributed by atoms with Crippen LogP contribution in [-0.2, 0) is 47.7 Å². The molecule has 0 spiro atoms. The molecular weight excluding hydrogens is 412 g/mol. The molecule has 0 aromatic carbocycles. The molecule has 1 aliphatic rings. The zero-order chi connectivity index (χ0) is 24.5. The molecule has 0 radical (unpaired) electrons. The molecule has 0 aliphatic carbocycles. The molecule has 1 fully saturated rings. The van der Waals surface area contributed by atoms with E-state index in [2.05, 4.69) is 18.9 Å². The lowest BCUT2D eigenvalue weighted by Crippen LogP contribution is -2.06. The van der Waals surface area contributed by atoms with Gasteiger partial charge in [0.15, 0.2) is 0 Å². The number of carbonyl (C=O) groups excluding carboxylic acids is 5. The van der Waals surface area contributed by atoms with E-state index < -0.39 is 35.8 Å². The van der Waals surface area contributed by atoms with Crippen molar-refractivity contribution in [3.05, 3.63) is 0 Å². The maximum Gasteiger partial charge on any atom is 0.314 e. The zero-order valence-corrected chi connectivity index (χ0v) is 17.7. The maximum absolute atomic E-state index is 10.4. The second-order valence-electron chi connectivity index (χ2n) is 4.47. The van der Waals surface area contributed by atoms with Gasteiger partial charge in [0.25, 0.3) is 0 Å². The summed E-state index contributed by atoms with van der Waals surface area (Å²) in [5, 5.41) is 22.1. The van der Waals surface area contributed by atoms with Crippen LogP contribution >= 0.6 is 0 Å². The fraction of sp³-hybridized carbons (Fsp3) is 0.647. The van der Waals surface area contributed by atoms with Crippen LogP contribution in [0.15, 0.2) is 0 Å². The predicted molar refractivity (Wildman–Crippen MR) is 98.8 cm³/mol. The van der Waals surface area contributed by atoms with Gasteiger partial charge in [-0.1, -0.05) is 0 Å². The van der Waals surface area contributed by atoms with Crippen molar-refractivity contribution in [2.24, 2.45) is 0 Å². The summed E-state index contributed by atoms with van der Waals surface area (Å²) in [4.78, 5) is 60.9. The topological polar surface area (TPSA) is 200 Å². The quantitative estimate of drug-likeness (QED) is 0.262. The predicted octanol–water partition coefficient (Wildman–Crippen LogP) is -0.796. The lowest BCUT2D eigenvalue weighted by Gasteiger charge is -1.96. The van der Waals surface area contributed by atoms with Gasteiger partial charge < -0.3 is 34.3 Å². The molecule has 1 aliphatic heterocycles. The Kier molecular flexibility index (Phi) is 29.8. The summed E-state index contributed by atoms with van der Waals surface area (Å²) in [6.45, 7) is 0. The lowest BCUT2D eigenvalue weighted by atomic mass is 10.3. The number of carboxylic acids is 1. The van der Waals surface area contributed by atoms with E-state index in [1.54, 1.807) is 0 Å². The van der Waals surface area contributed by atoms with Crippen LogP contribution in [0.1, 0.15) is 38.5 Å². The summed E-state index contributed by atoms with van der Waals surface area (Å²) in [5.41, 5.74) is 0. The molecule has 13 heteroatoms. The standard InChI is InChI=1S/C6H10O4.C5H8O4.C4H4O3.2CH4O/c1-9-5(7)3-4-6(8)10-2;1-9-5(8)3-2-4(6)7;5-3-1-2-4(6)7-3;2*1-2/h3-4H2,1-2H3;2-3H2,1H3,(H,6,7);1-2H2;2*2H,1H3. The van der Waals surface area contributed by atoms with Crippen molar-refractivity contribution in [1.82, 2.24) is 0 Å². The SMILES string of the molecule is CO.CO.COC(=O)CCC(=O)O.COC(=O)CCC(=O)OC.O=C1CCC(=O)O1. The van der Waals surface area contributed by atoms with Gasteiger partial charge in [0.1, 0.15) is 0 Å². The number of cyclic esters (lactones) is 2. The Morgan fingerprint density at radius 1 is 0.700 bits per heavy atom. The summed E-state index contributed by atoms with van der Waals surface area (Å²) >= 11 is 0. The van der Waals surface area contributed by atoms with Crippen LogP contribution in [0, 0.1) is 0 Å². The van der Waals surface area contributed by atoms with Crippen LogP contribution in [0.5, 0.6) is 0 Å². The summed E-state index contributed by atoms with van der Waals surface area (Å²) in [6.07, 6.45) is 0.489. The van der Waals surface area contributed by atoms with E-state index in [4.69, 9.17) is 15.3 Å². The minimum atomic E-state index is -0.986. The van der Waals surface area contributed by atoms with Crippen LogP contribution in [0.25, 0.3) is 0 Å². The van der Waals surface area contributed by atoms with Crippen LogP contribution < -0.4 is 0 Å². The molecule has 0 saturated carbocycles. The van der Waals surface area contributed by atoms with Gasteiger partial charge in [0.2, 0.25) is 0 Å². The summed E-state index contributed by atoms with van der Waals surface area (Å²) < 4.78 is 16.9. The fourth-order valence-corrected chi connectivity index (χ4v) is 1.15.